The molecule has 2 aliphatic rings. The fourth-order valence-corrected chi connectivity index (χ4v) is 2.99. The van der Waals surface area contributed by atoms with Crippen molar-refractivity contribution in [3.63, 3.8) is 0 Å². The Bertz CT molecular complexity index is 188. The molecule has 0 radical (unpaired) electrons. The van der Waals surface area contributed by atoms with E-state index >= 15 is 0 Å². The molecule has 1 saturated heterocycles. The first-order valence-electron chi connectivity index (χ1n) is 6.22. The Morgan fingerprint density at radius 2 is 2.33 bits per heavy atom. The SMILES string of the molecule is CSC1(CNCCCC2CCCO2)CC1. The van der Waals surface area contributed by atoms with Crippen LogP contribution in [0.3, 0.4) is 0 Å². The van der Waals surface area contributed by atoms with Gasteiger partial charge >= 0.3 is 0 Å². The highest BCUT2D eigenvalue weighted by Crippen LogP contribution is 2.46. The van der Waals surface area contributed by atoms with Gasteiger partial charge in [-0.1, -0.05) is 0 Å². The summed E-state index contributed by atoms with van der Waals surface area (Å²) in [5, 5.41) is 3.59. The van der Waals surface area contributed by atoms with Crippen molar-refractivity contribution in [3.05, 3.63) is 0 Å². The highest BCUT2D eigenvalue weighted by atomic mass is 32.2. The van der Waals surface area contributed by atoms with E-state index in [9.17, 15) is 0 Å². The van der Waals surface area contributed by atoms with Gasteiger partial charge in [-0.05, 0) is 51.3 Å². The minimum absolute atomic E-state index is 0.572. The lowest BCUT2D eigenvalue weighted by Gasteiger charge is -2.14. The fourth-order valence-electron chi connectivity index (χ4n) is 2.24. The molecule has 0 bridgehead atoms. The van der Waals surface area contributed by atoms with Crippen LogP contribution in [0.5, 0.6) is 0 Å². The normalized spacial score (nSPS) is 28.2. The van der Waals surface area contributed by atoms with Crippen LogP contribution in [-0.4, -0.2) is 36.8 Å². The van der Waals surface area contributed by atoms with Gasteiger partial charge in [-0.2, -0.15) is 11.8 Å². The summed E-state index contributed by atoms with van der Waals surface area (Å²) in [6.45, 7) is 3.37. The molecular formula is C12H23NOS. The van der Waals surface area contributed by atoms with Crippen LogP contribution in [0.2, 0.25) is 0 Å². The maximum absolute atomic E-state index is 5.60. The van der Waals surface area contributed by atoms with E-state index in [1.54, 1.807) is 0 Å². The third kappa shape index (κ3) is 3.65. The number of hydrogen-bond acceptors (Lipinski definition) is 3. The third-order valence-corrected chi connectivity index (χ3v) is 5.01. The third-order valence-electron chi connectivity index (χ3n) is 3.59. The Hall–Kier alpha value is 0.270. The van der Waals surface area contributed by atoms with Crippen molar-refractivity contribution in [2.45, 2.75) is 49.4 Å². The molecule has 1 unspecified atom stereocenters. The molecule has 1 atom stereocenters. The quantitative estimate of drug-likeness (QED) is 0.678. The van der Waals surface area contributed by atoms with Gasteiger partial charge in [0.1, 0.15) is 0 Å². The van der Waals surface area contributed by atoms with Crippen LogP contribution in [0.15, 0.2) is 0 Å². The summed E-state index contributed by atoms with van der Waals surface area (Å²) in [5.41, 5.74) is 0. The molecular weight excluding hydrogens is 206 g/mol. The first-order chi connectivity index (χ1) is 7.35. The van der Waals surface area contributed by atoms with Crippen LogP contribution in [0.25, 0.3) is 0 Å². The lowest BCUT2D eigenvalue weighted by atomic mass is 10.1. The fraction of sp³-hybridized carbons (Fsp3) is 1.00. The predicted molar refractivity (Wildman–Crippen MR) is 66.6 cm³/mol. The topological polar surface area (TPSA) is 21.3 Å². The van der Waals surface area contributed by atoms with Crippen LogP contribution in [0.1, 0.15) is 38.5 Å². The molecule has 0 aromatic heterocycles. The lowest BCUT2D eigenvalue weighted by molar-refractivity contribution is 0.102. The van der Waals surface area contributed by atoms with Crippen molar-refractivity contribution < 1.29 is 4.74 Å². The molecule has 2 fully saturated rings. The number of nitrogens with one attached hydrogen (secondary N) is 1. The number of thioether (sulfide) groups is 1. The van der Waals surface area contributed by atoms with E-state index in [-0.39, 0.29) is 0 Å². The molecule has 0 aromatic rings. The zero-order valence-corrected chi connectivity index (χ0v) is 10.6. The van der Waals surface area contributed by atoms with Crippen LogP contribution >= 0.6 is 11.8 Å². The van der Waals surface area contributed by atoms with Gasteiger partial charge in [0.15, 0.2) is 0 Å². The smallest absolute Gasteiger partial charge is 0.0576 e. The second-order valence-corrected chi connectivity index (χ2v) is 6.12. The van der Waals surface area contributed by atoms with E-state index in [4.69, 9.17) is 4.74 Å². The maximum Gasteiger partial charge on any atom is 0.0576 e. The van der Waals surface area contributed by atoms with Crippen molar-refractivity contribution in [1.29, 1.82) is 0 Å². The molecule has 2 nitrogen and oxygen atoms in total. The monoisotopic (exact) mass is 229 g/mol. The van der Waals surface area contributed by atoms with Gasteiger partial charge < -0.3 is 10.1 Å². The molecule has 15 heavy (non-hydrogen) atoms. The first-order valence-corrected chi connectivity index (χ1v) is 7.45. The molecule has 1 saturated carbocycles. The van der Waals surface area contributed by atoms with E-state index in [1.165, 1.54) is 51.6 Å². The van der Waals surface area contributed by atoms with Gasteiger partial charge in [0, 0.05) is 17.9 Å². The van der Waals surface area contributed by atoms with E-state index in [0.717, 1.165) is 6.61 Å². The van der Waals surface area contributed by atoms with Crippen molar-refractivity contribution in [2.75, 3.05) is 26.0 Å². The Labute approximate surface area is 97.5 Å². The molecule has 3 heteroatoms. The largest absolute Gasteiger partial charge is 0.378 e. The van der Waals surface area contributed by atoms with Crippen LogP contribution in [-0.2, 0) is 4.74 Å². The van der Waals surface area contributed by atoms with Gasteiger partial charge in [0.05, 0.1) is 6.10 Å². The first kappa shape index (κ1) is 11.7. The van der Waals surface area contributed by atoms with E-state index in [0.29, 0.717) is 10.9 Å². The van der Waals surface area contributed by atoms with E-state index < -0.39 is 0 Å². The number of hydrogen-bond donors (Lipinski definition) is 1. The van der Waals surface area contributed by atoms with Crippen LogP contribution < -0.4 is 5.32 Å². The molecule has 1 aliphatic heterocycles. The van der Waals surface area contributed by atoms with Crippen molar-refractivity contribution in [2.24, 2.45) is 0 Å². The molecule has 1 aliphatic carbocycles. The molecule has 1 heterocycles. The van der Waals surface area contributed by atoms with Crippen LogP contribution in [0, 0.1) is 0 Å². The average molecular weight is 229 g/mol. The van der Waals surface area contributed by atoms with Crippen LogP contribution in [0.4, 0.5) is 0 Å². The van der Waals surface area contributed by atoms with Gasteiger partial charge in [-0.15, -0.1) is 0 Å². The number of rotatable bonds is 7. The van der Waals surface area contributed by atoms with Gasteiger partial charge in [0.25, 0.3) is 0 Å². The molecule has 0 amide bonds. The molecule has 0 aromatic carbocycles. The molecule has 2 rings (SSSR count). The van der Waals surface area contributed by atoms with Crippen molar-refractivity contribution in [3.8, 4) is 0 Å². The Morgan fingerprint density at radius 3 is 2.93 bits per heavy atom. The molecule has 1 N–H and O–H groups in total. The lowest BCUT2D eigenvalue weighted by Crippen LogP contribution is -2.27. The Morgan fingerprint density at radius 1 is 1.47 bits per heavy atom. The average Bonchev–Trinajstić information content (AvgIpc) is 2.85. The molecule has 0 spiro atoms. The Balaban J connectivity index is 1.45. The Kier molecular flexibility index (Phi) is 4.35. The summed E-state index contributed by atoms with van der Waals surface area (Å²) < 4.78 is 6.22. The highest BCUT2D eigenvalue weighted by Gasteiger charge is 2.41. The van der Waals surface area contributed by atoms with E-state index in [1.807, 2.05) is 11.8 Å². The summed E-state index contributed by atoms with van der Waals surface area (Å²) in [5.74, 6) is 0. The summed E-state index contributed by atoms with van der Waals surface area (Å²) in [6.07, 6.45) is 10.7. The predicted octanol–water partition coefficient (Wildman–Crippen LogP) is 2.43. The van der Waals surface area contributed by atoms with Gasteiger partial charge in [0.2, 0.25) is 0 Å². The minimum Gasteiger partial charge on any atom is -0.378 e. The summed E-state index contributed by atoms with van der Waals surface area (Å²) >= 11 is 2.03. The summed E-state index contributed by atoms with van der Waals surface area (Å²) in [7, 11) is 0. The second-order valence-electron chi connectivity index (χ2n) is 4.84. The van der Waals surface area contributed by atoms with Crippen molar-refractivity contribution in [1.82, 2.24) is 5.32 Å². The maximum atomic E-state index is 5.60. The van der Waals surface area contributed by atoms with Gasteiger partial charge in [-0.25, -0.2) is 0 Å². The zero-order chi connectivity index (χ0) is 10.6. The van der Waals surface area contributed by atoms with E-state index in [2.05, 4.69) is 11.6 Å². The van der Waals surface area contributed by atoms with Gasteiger partial charge in [-0.3, -0.25) is 0 Å². The van der Waals surface area contributed by atoms with Crippen molar-refractivity contribution >= 4 is 11.8 Å². The minimum atomic E-state index is 0.572. The standard InChI is InChI=1S/C12H23NOS/c1-15-12(6-7-12)10-13-8-2-4-11-5-3-9-14-11/h11,13H,2-10H2,1H3. The molecule has 88 valence electrons. The summed E-state index contributed by atoms with van der Waals surface area (Å²) in [4.78, 5) is 0. The zero-order valence-electron chi connectivity index (χ0n) is 9.76. The number of ether oxygens (including phenoxy) is 1. The summed E-state index contributed by atoms with van der Waals surface area (Å²) in [6, 6.07) is 0. The highest BCUT2D eigenvalue weighted by molar-refractivity contribution is 8.00. The second kappa shape index (κ2) is 5.55.